The molecule has 2 fully saturated rings. The molecule has 2 saturated heterocycles. The van der Waals surface area contributed by atoms with Crippen LogP contribution < -0.4 is 5.32 Å². The van der Waals surface area contributed by atoms with Gasteiger partial charge in [-0.2, -0.15) is 0 Å². The van der Waals surface area contributed by atoms with Crippen LogP contribution in [0.25, 0.3) is 0 Å². The minimum Gasteiger partial charge on any atom is -0.317 e. The fourth-order valence-corrected chi connectivity index (χ4v) is 4.41. The fraction of sp³-hybridized carbons (Fsp3) is 0.643. The highest BCUT2D eigenvalue weighted by Gasteiger charge is 2.38. The molecule has 2 aliphatic rings. The normalized spacial score (nSPS) is 23.1. The Kier molecular flexibility index (Phi) is 4.27. The van der Waals surface area contributed by atoms with Crippen molar-refractivity contribution in [2.75, 3.05) is 26.2 Å². The maximum atomic E-state index is 4.53. The van der Waals surface area contributed by atoms with Crippen LogP contribution >= 0.6 is 31.9 Å². The number of hydrogen-bond acceptors (Lipinski definition) is 3. The van der Waals surface area contributed by atoms with E-state index in [1.54, 1.807) is 0 Å². The molecule has 0 bridgehead atoms. The number of rotatable bonds is 2. The summed E-state index contributed by atoms with van der Waals surface area (Å²) >= 11 is 7.07. The number of nitrogens with zero attached hydrogens (tertiary/aromatic N) is 2. The Balaban J connectivity index is 1.65. The molecule has 5 heteroatoms. The van der Waals surface area contributed by atoms with Crippen molar-refractivity contribution in [2.45, 2.75) is 25.8 Å². The molecule has 2 aliphatic heterocycles. The van der Waals surface area contributed by atoms with Crippen molar-refractivity contribution in [2.24, 2.45) is 5.41 Å². The standard InChI is InChI=1S/C14H19Br2N3/c15-11-7-12(16)13(18-8-11)9-19-6-3-14(10-19)1-4-17-5-2-14/h7-8,17H,1-6,9-10H2. The lowest BCUT2D eigenvalue weighted by atomic mass is 9.78. The van der Waals surface area contributed by atoms with E-state index >= 15 is 0 Å². The minimum absolute atomic E-state index is 0.576. The van der Waals surface area contributed by atoms with Crippen LogP contribution in [0.5, 0.6) is 0 Å². The molecule has 3 rings (SSSR count). The molecule has 104 valence electrons. The number of halogens is 2. The first-order valence-electron chi connectivity index (χ1n) is 6.90. The molecule has 0 atom stereocenters. The smallest absolute Gasteiger partial charge is 0.0686 e. The molecular weight excluding hydrogens is 370 g/mol. The Labute approximate surface area is 131 Å². The van der Waals surface area contributed by atoms with Gasteiger partial charge in [0.2, 0.25) is 0 Å². The highest BCUT2D eigenvalue weighted by molar-refractivity contribution is 9.11. The molecule has 1 aromatic rings. The summed E-state index contributed by atoms with van der Waals surface area (Å²) in [5, 5.41) is 3.47. The van der Waals surface area contributed by atoms with Crippen molar-refractivity contribution in [3.63, 3.8) is 0 Å². The second-order valence-electron chi connectivity index (χ2n) is 5.79. The van der Waals surface area contributed by atoms with E-state index < -0.39 is 0 Å². The molecule has 3 nitrogen and oxygen atoms in total. The van der Waals surface area contributed by atoms with Crippen molar-refractivity contribution < 1.29 is 0 Å². The number of pyridine rings is 1. The van der Waals surface area contributed by atoms with Gasteiger partial charge in [-0.15, -0.1) is 0 Å². The first kappa shape index (κ1) is 14.0. The zero-order valence-electron chi connectivity index (χ0n) is 11.0. The Morgan fingerprint density at radius 1 is 1.26 bits per heavy atom. The molecule has 0 amide bonds. The van der Waals surface area contributed by atoms with E-state index in [9.17, 15) is 0 Å². The lowest BCUT2D eigenvalue weighted by Gasteiger charge is -2.33. The molecule has 1 N–H and O–H groups in total. The van der Waals surface area contributed by atoms with Crippen LogP contribution in [0.1, 0.15) is 25.0 Å². The largest absolute Gasteiger partial charge is 0.317 e. The van der Waals surface area contributed by atoms with Gasteiger partial charge in [-0.3, -0.25) is 9.88 Å². The first-order valence-corrected chi connectivity index (χ1v) is 8.49. The lowest BCUT2D eigenvalue weighted by molar-refractivity contribution is 0.193. The van der Waals surface area contributed by atoms with E-state index in [4.69, 9.17) is 0 Å². The van der Waals surface area contributed by atoms with E-state index in [1.807, 2.05) is 6.20 Å². The fourth-order valence-electron chi connectivity index (χ4n) is 3.30. The van der Waals surface area contributed by atoms with Crippen LogP contribution in [0, 0.1) is 5.41 Å². The highest BCUT2D eigenvalue weighted by Crippen LogP contribution is 2.39. The van der Waals surface area contributed by atoms with Crippen molar-refractivity contribution in [3.05, 3.63) is 26.9 Å². The van der Waals surface area contributed by atoms with Gasteiger partial charge < -0.3 is 5.32 Å². The van der Waals surface area contributed by atoms with Gasteiger partial charge in [-0.25, -0.2) is 0 Å². The van der Waals surface area contributed by atoms with Crippen LogP contribution in [0.2, 0.25) is 0 Å². The van der Waals surface area contributed by atoms with Gasteiger partial charge in [0.15, 0.2) is 0 Å². The van der Waals surface area contributed by atoms with Gasteiger partial charge in [-0.1, -0.05) is 0 Å². The average molecular weight is 389 g/mol. The number of aromatic nitrogens is 1. The van der Waals surface area contributed by atoms with Crippen LogP contribution in [0.4, 0.5) is 0 Å². The van der Waals surface area contributed by atoms with E-state index in [-0.39, 0.29) is 0 Å². The summed E-state index contributed by atoms with van der Waals surface area (Å²) < 4.78 is 2.13. The zero-order valence-corrected chi connectivity index (χ0v) is 14.1. The Morgan fingerprint density at radius 3 is 2.79 bits per heavy atom. The molecule has 0 unspecified atom stereocenters. The Morgan fingerprint density at radius 2 is 2.05 bits per heavy atom. The Bertz CT molecular complexity index is 458. The molecule has 0 radical (unpaired) electrons. The van der Waals surface area contributed by atoms with Gasteiger partial charge in [0.25, 0.3) is 0 Å². The van der Waals surface area contributed by atoms with E-state index in [2.05, 4.69) is 53.1 Å². The summed E-state index contributed by atoms with van der Waals surface area (Å²) in [4.78, 5) is 7.09. The van der Waals surface area contributed by atoms with Crippen LogP contribution in [0.15, 0.2) is 21.2 Å². The van der Waals surface area contributed by atoms with Gasteiger partial charge in [-0.05, 0) is 82.2 Å². The first-order chi connectivity index (χ1) is 9.17. The quantitative estimate of drug-likeness (QED) is 0.843. The predicted molar refractivity (Wildman–Crippen MR) is 84.1 cm³/mol. The maximum absolute atomic E-state index is 4.53. The molecule has 0 aromatic carbocycles. The number of hydrogen-bond donors (Lipinski definition) is 1. The molecule has 0 aliphatic carbocycles. The minimum atomic E-state index is 0.576. The zero-order chi connectivity index (χ0) is 13.3. The number of piperidine rings is 1. The van der Waals surface area contributed by atoms with Gasteiger partial charge in [0.05, 0.1) is 5.69 Å². The predicted octanol–water partition coefficient (Wildman–Crippen LogP) is 3.18. The number of nitrogens with one attached hydrogen (secondary N) is 1. The molecular formula is C14H19Br2N3. The SMILES string of the molecule is Brc1cnc(CN2CCC3(CCNCC3)C2)c(Br)c1. The van der Waals surface area contributed by atoms with E-state index in [0.717, 1.165) is 21.2 Å². The molecule has 1 aromatic heterocycles. The molecule has 19 heavy (non-hydrogen) atoms. The maximum Gasteiger partial charge on any atom is 0.0686 e. The molecule has 1 spiro atoms. The summed E-state index contributed by atoms with van der Waals surface area (Å²) in [6.07, 6.45) is 5.90. The van der Waals surface area contributed by atoms with Crippen LogP contribution in [0.3, 0.4) is 0 Å². The van der Waals surface area contributed by atoms with E-state index in [0.29, 0.717) is 5.41 Å². The third-order valence-corrected chi connectivity index (χ3v) is 5.56. The van der Waals surface area contributed by atoms with Crippen molar-refractivity contribution in [1.82, 2.24) is 15.2 Å². The van der Waals surface area contributed by atoms with Gasteiger partial charge in [0, 0.05) is 28.2 Å². The second kappa shape index (κ2) is 5.80. The summed E-state index contributed by atoms with van der Waals surface area (Å²) in [6, 6.07) is 2.08. The van der Waals surface area contributed by atoms with Crippen molar-refractivity contribution in [3.8, 4) is 0 Å². The third-order valence-electron chi connectivity index (χ3n) is 4.44. The Hall–Kier alpha value is 0.0300. The summed E-state index contributed by atoms with van der Waals surface area (Å²) in [5.74, 6) is 0. The van der Waals surface area contributed by atoms with Gasteiger partial charge >= 0.3 is 0 Å². The lowest BCUT2D eigenvalue weighted by Crippen LogP contribution is -2.38. The second-order valence-corrected chi connectivity index (χ2v) is 7.56. The monoisotopic (exact) mass is 387 g/mol. The highest BCUT2D eigenvalue weighted by atomic mass is 79.9. The third kappa shape index (κ3) is 3.20. The molecule has 0 saturated carbocycles. The van der Waals surface area contributed by atoms with Gasteiger partial charge in [0.1, 0.15) is 0 Å². The topological polar surface area (TPSA) is 28.2 Å². The molecule has 3 heterocycles. The number of likely N-dealkylation sites (tertiary alicyclic amines) is 1. The van der Waals surface area contributed by atoms with Crippen LogP contribution in [-0.2, 0) is 6.54 Å². The summed E-state index contributed by atoms with van der Waals surface area (Å²) in [6.45, 7) is 5.79. The van der Waals surface area contributed by atoms with Crippen molar-refractivity contribution >= 4 is 31.9 Å². The van der Waals surface area contributed by atoms with Crippen molar-refractivity contribution in [1.29, 1.82) is 0 Å². The average Bonchev–Trinajstić information content (AvgIpc) is 2.77. The van der Waals surface area contributed by atoms with E-state index in [1.165, 1.54) is 45.4 Å². The summed E-state index contributed by atoms with van der Waals surface area (Å²) in [5.41, 5.74) is 1.72. The summed E-state index contributed by atoms with van der Waals surface area (Å²) in [7, 11) is 0. The van der Waals surface area contributed by atoms with Crippen LogP contribution in [-0.4, -0.2) is 36.1 Å².